The van der Waals surface area contributed by atoms with Gasteiger partial charge in [-0.05, 0) is 36.5 Å². The summed E-state index contributed by atoms with van der Waals surface area (Å²) in [7, 11) is 0. The number of phenols is 1. The van der Waals surface area contributed by atoms with Crippen LogP contribution in [0.4, 0.5) is 0 Å². The first-order chi connectivity index (χ1) is 7.77. The van der Waals surface area contributed by atoms with E-state index in [1.165, 1.54) is 5.56 Å². The summed E-state index contributed by atoms with van der Waals surface area (Å²) in [6.07, 6.45) is 0.846. The van der Waals surface area contributed by atoms with E-state index in [9.17, 15) is 5.11 Å². The zero-order valence-corrected chi connectivity index (χ0v) is 9.13. The fourth-order valence-electron chi connectivity index (χ4n) is 1.84. The second-order valence-corrected chi connectivity index (χ2v) is 3.95. The van der Waals surface area contributed by atoms with Gasteiger partial charge in [0.2, 0.25) is 0 Å². The van der Waals surface area contributed by atoms with E-state index >= 15 is 0 Å². The molecule has 0 saturated carbocycles. The molecule has 2 aromatic rings. The van der Waals surface area contributed by atoms with Crippen molar-refractivity contribution in [3.05, 3.63) is 72.6 Å². The van der Waals surface area contributed by atoms with Crippen LogP contribution in [-0.4, -0.2) is 5.11 Å². The normalized spacial score (nSPS) is 12.3. The molecule has 1 nitrogen and oxygen atoms in total. The van der Waals surface area contributed by atoms with Crippen LogP contribution in [-0.2, 0) is 6.42 Å². The van der Waals surface area contributed by atoms with Gasteiger partial charge in [-0.3, -0.25) is 0 Å². The van der Waals surface area contributed by atoms with Gasteiger partial charge >= 0.3 is 0 Å². The van der Waals surface area contributed by atoms with E-state index in [0.717, 1.165) is 12.0 Å². The molecule has 1 radical (unpaired) electrons. The molecule has 81 valence electrons. The Balaban J connectivity index is 2.15. The van der Waals surface area contributed by atoms with Gasteiger partial charge in [0, 0.05) is 0 Å². The van der Waals surface area contributed by atoms with Crippen LogP contribution in [0.5, 0.6) is 5.75 Å². The molecular formula is C15H15O. The Morgan fingerprint density at radius 2 is 1.56 bits per heavy atom. The van der Waals surface area contributed by atoms with E-state index in [1.54, 1.807) is 6.07 Å². The molecule has 0 aliphatic rings. The van der Waals surface area contributed by atoms with Crippen LogP contribution in [0.15, 0.2) is 54.6 Å². The molecule has 0 bridgehead atoms. The second kappa shape index (κ2) is 4.84. The van der Waals surface area contributed by atoms with Crippen molar-refractivity contribution >= 4 is 0 Å². The minimum atomic E-state index is 0.0867. The molecule has 0 spiro atoms. The predicted molar refractivity (Wildman–Crippen MR) is 66.4 cm³/mol. The molecule has 0 fully saturated rings. The fraction of sp³-hybridized carbons (Fsp3) is 0.133. The van der Waals surface area contributed by atoms with Gasteiger partial charge in [-0.1, -0.05) is 48.5 Å². The van der Waals surface area contributed by atoms with Crippen molar-refractivity contribution in [2.75, 3.05) is 0 Å². The SMILES string of the molecule is [CH2]C(Cc1ccccc1)c1ccccc1O. The lowest BCUT2D eigenvalue weighted by Crippen LogP contribution is -1.98. The quantitative estimate of drug-likeness (QED) is 0.823. The molecule has 2 aromatic carbocycles. The third-order valence-corrected chi connectivity index (χ3v) is 2.70. The molecule has 0 aromatic heterocycles. The third-order valence-electron chi connectivity index (χ3n) is 2.70. The molecule has 1 N–H and O–H groups in total. The lowest BCUT2D eigenvalue weighted by molar-refractivity contribution is 0.465. The molecule has 0 aliphatic carbocycles. The Morgan fingerprint density at radius 3 is 2.25 bits per heavy atom. The first-order valence-corrected chi connectivity index (χ1v) is 5.42. The van der Waals surface area contributed by atoms with Gasteiger partial charge in [0.1, 0.15) is 5.75 Å². The molecule has 0 aliphatic heterocycles. The Bertz CT molecular complexity index is 448. The maximum Gasteiger partial charge on any atom is 0.119 e. The monoisotopic (exact) mass is 211 g/mol. The topological polar surface area (TPSA) is 20.2 Å². The van der Waals surface area contributed by atoms with Crippen LogP contribution in [0.1, 0.15) is 17.0 Å². The van der Waals surface area contributed by atoms with Crippen LogP contribution in [0.25, 0.3) is 0 Å². The summed E-state index contributed by atoms with van der Waals surface area (Å²) < 4.78 is 0. The highest BCUT2D eigenvalue weighted by molar-refractivity contribution is 5.36. The summed E-state index contributed by atoms with van der Waals surface area (Å²) >= 11 is 0. The van der Waals surface area contributed by atoms with Crippen molar-refractivity contribution in [3.8, 4) is 5.75 Å². The van der Waals surface area contributed by atoms with Crippen molar-refractivity contribution in [3.63, 3.8) is 0 Å². The van der Waals surface area contributed by atoms with Crippen molar-refractivity contribution < 1.29 is 5.11 Å². The number of aromatic hydroxyl groups is 1. The lowest BCUT2D eigenvalue weighted by atomic mass is 9.93. The zero-order chi connectivity index (χ0) is 11.4. The molecule has 16 heavy (non-hydrogen) atoms. The van der Waals surface area contributed by atoms with E-state index in [2.05, 4.69) is 19.1 Å². The number of para-hydroxylation sites is 1. The van der Waals surface area contributed by atoms with Gasteiger partial charge in [0.25, 0.3) is 0 Å². The summed E-state index contributed by atoms with van der Waals surface area (Å²) in [6.45, 7) is 4.10. The molecule has 0 amide bonds. The van der Waals surface area contributed by atoms with Gasteiger partial charge in [0.15, 0.2) is 0 Å². The summed E-state index contributed by atoms with van der Waals surface area (Å²) in [5.74, 6) is 0.419. The summed E-state index contributed by atoms with van der Waals surface area (Å²) in [6, 6.07) is 17.6. The molecule has 1 heteroatoms. The minimum absolute atomic E-state index is 0.0867. The highest BCUT2D eigenvalue weighted by Gasteiger charge is 2.10. The van der Waals surface area contributed by atoms with Crippen LogP contribution < -0.4 is 0 Å². The maximum absolute atomic E-state index is 9.72. The highest BCUT2D eigenvalue weighted by atomic mass is 16.3. The maximum atomic E-state index is 9.72. The summed E-state index contributed by atoms with van der Waals surface area (Å²) in [4.78, 5) is 0. The van der Waals surface area contributed by atoms with Crippen molar-refractivity contribution in [1.82, 2.24) is 0 Å². The lowest BCUT2D eigenvalue weighted by Gasteiger charge is -2.13. The molecule has 0 heterocycles. The number of hydrogen-bond donors (Lipinski definition) is 1. The number of benzene rings is 2. The first-order valence-electron chi connectivity index (χ1n) is 5.42. The van der Waals surface area contributed by atoms with Gasteiger partial charge in [-0.2, -0.15) is 0 Å². The predicted octanol–water partition coefficient (Wildman–Crippen LogP) is 3.55. The van der Waals surface area contributed by atoms with Gasteiger partial charge in [0.05, 0.1) is 0 Å². The molecule has 2 rings (SSSR count). The van der Waals surface area contributed by atoms with E-state index < -0.39 is 0 Å². The van der Waals surface area contributed by atoms with E-state index in [1.807, 2.05) is 36.4 Å². The Labute approximate surface area is 96.4 Å². The molecule has 1 atom stereocenters. The van der Waals surface area contributed by atoms with E-state index in [-0.39, 0.29) is 5.92 Å². The smallest absolute Gasteiger partial charge is 0.119 e. The van der Waals surface area contributed by atoms with E-state index in [0.29, 0.717) is 5.75 Å². The largest absolute Gasteiger partial charge is 0.508 e. The summed E-state index contributed by atoms with van der Waals surface area (Å²) in [5, 5.41) is 9.72. The molecule has 1 unspecified atom stereocenters. The summed E-state index contributed by atoms with van der Waals surface area (Å²) in [5.41, 5.74) is 2.15. The van der Waals surface area contributed by atoms with E-state index in [4.69, 9.17) is 0 Å². The van der Waals surface area contributed by atoms with Gasteiger partial charge < -0.3 is 5.11 Å². The first kappa shape index (κ1) is 10.7. The van der Waals surface area contributed by atoms with Crippen molar-refractivity contribution in [1.29, 1.82) is 0 Å². The van der Waals surface area contributed by atoms with Gasteiger partial charge in [-0.15, -0.1) is 0 Å². The van der Waals surface area contributed by atoms with Crippen LogP contribution in [0.2, 0.25) is 0 Å². The fourth-order valence-corrected chi connectivity index (χ4v) is 1.84. The average molecular weight is 211 g/mol. The highest BCUT2D eigenvalue weighted by Crippen LogP contribution is 2.27. The zero-order valence-electron chi connectivity index (χ0n) is 9.13. The van der Waals surface area contributed by atoms with Crippen molar-refractivity contribution in [2.24, 2.45) is 0 Å². The third kappa shape index (κ3) is 2.43. The Kier molecular flexibility index (Phi) is 3.25. The Hall–Kier alpha value is -1.76. The minimum Gasteiger partial charge on any atom is -0.508 e. The van der Waals surface area contributed by atoms with Gasteiger partial charge in [-0.25, -0.2) is 0 Å². The average Bonchev–Trinajstić information content (AvgIpc) is 2.31. The van der Waals surface area contributed by atoms with Crippen LogP contribution in [0.3, 0.4) is 0 Å². The molecular weight excluding hydrogens is 196 g/mol. The molecule has 0 saturated heterocycles. The number of hydrogen-bond acceptors (Lipinski definition) is 1. The number of phenolic OH excluding ortho intramolecular Hbond substituents is 1. The standard InChI is InChI=1S/C15H15O/c1-12(11-13-7-3-2-4-8-13)14-9-5-6-10-15(14)16/h2-10,12,16H,1,11H2. The van der Waals surface area contributed by atoms with Crippen molar-refractivity contribution in [2.45, 2.75) is 12.3 Å². The second-order valence-electron chi connectivity index (χ2n) is 3.95. The Morgan fingerprint density at radius 1 is 0.938 bits per heavy atom. The number of rotatable bonds is 3. The van der Waals surface area contributed by atoms with Crippen LogP contribution >= 0.6 is 0 Å². The van der Waals surface area contributed by atoms with Crippen LogP contribution in [0, 0.1) is 6.92 Å².